The molecule has 4 nitrogen and oxygen atoms in total. The molecule has 1 amide bonds. The predicted octanol–water partition coefficient (Wildman–Crippen LogP) is 1.53. The van der Waals surface area contributed by atoms with Gasteiger partial charge in [0.05, 0.1) is 0 Å². The molecule has 1 atom stereocenters. The van der Waals surface area contributed by atoms with Crippen molar-refractivity contribution in [1.82, 2.24) is 9.80 Å². The third-order valence-corrected chi connectivity index (χ3v) is 4.10. The highest BCUT2D eigenvalue weighted by Gasteiger charge is 2.30. The van der Waals surface area contributed by atoms with E-state index in [-0.39, 0.29) is 11.4 Å². The van der Waals surface area contributed by atoms with Gasteiger partial charge in [-0.15, -0.1) is 0 Å². The number of hydrogen-bond donors (Lipinski definition) is 1. The first-order valence-electron chi connectivity index (χ1n) is 7.64. The molecule has 0 radical (unpaired) electrons. The minimum atomic E-state index is -0.936. The number of hydrogen-bond acceptors (Lipinski definition) is 3. The molecule has 0 bridgehead atoms. The van der Waals surface area contributed by atoms with Gasteiger partial charge < -0.3 is 10.0 Å². The molecule has 1 heterocycles. The van der Waals surface area contributed by atoms with E-state index in [0.717, 1.165) is 18.7 Å². The standard InChI is InChI=1S/C17H26N2O2/c1-17(2,3)19-11-9-18(10-12-19)16(21)15(20)13-14-7-5-4-6-8-14/h4-8,15,20H,9-13H2,1-3H3. The Morgan fingerprint density at radius 3 is 2.24 bits per heavy atom. The number of carbonyl (C=O) groups excluding carboxylic acids is 1. The van der Waals surface area contributed by atoms with Gasteiger partial charge in [0.25, 0.3) is 5.91 Å². The van der Waals surface area contributed by atoms with Crippen LogP contribution in [0, 0.1) is 0 Å². The van der Waals surface area contributed by atoms with Gasteiger partial charge in [-0.25, -0.2) is 0 Å². The molecule has 1 fully saturated rings. The summed E-state index contributed by atoms with van der Waals surface area (Å²) in [4.78, 5) is 16.5. The van der Waals surface area contributed by atoms with Crippen LogP contribution in [0.5, 0.6) is 0 Å². The van der Waals surface area contributed by atoms with Crippen LogP contribution >= 0.6 is 0 Å². The molecule has 0 spiro atoms. The Hall–Kier alpha value is -1.39. The summed E-state index contributed by atoms with van der Waals surface area (Å²) in [5, 5.41) is 10.1. The van der Waals surface area contributed by atoms with Crippen LogP contribution in [0.3, 0.4) is 0 Å². The number of nitrogens with zero attached hydrogens (tertiary/aromatic N) is 2. The van der Waals surface area contributed by atoms with E-state index in [1.807, 2.05) is 30.3 Å². The van der Waals surface area contributed by atoms with E-state index in [1.54, 1.807) is 4.90 Å². The zero-order valence-corrected chi connectivity index (χ0v) is 13.2. The molecule has 1 aromatic carbocycles. The van der Waals surface area contributed by atoms with Gasteiger partial charge in [0.1, 0.15) is 6.10 Å². The van der Waals surface area contributed by atoms with Crippen molar-refractivity contribution < 1.29 is 9.90 Å². The first kappa shape index (κ1) is 16.0. The van der Waals surface area contributed by atoms with Gasteiger partial charge in [-0.2, -0.15) is 0 Å². The normalized spacial score (nSPS) is 18.6. The monoisotopic (exact) mass is 290 g/mol. The average molecular weight is 290 g/mol. The molecular formula is C17H26N2O2. The average Bonchev–Trinajstić information content (AvgIpc) is 2.46. The van der Waals surface area contributed by atoms with Crippen LogP contribution in [0.1, 0.15) is 26.3 Å². The number of amides is 1. The lowest BCUT2D eigenvalue weighted by Gasteiger charge is -2.42. The Labute approximate surface area is 127 Å². The van der Waals surface area contributed by atoms with E-state index >= 15 is 0 Å². The Morgan fingerprint density at radius 2 is 1.71 bits per heavy atom. The number of aliphatic hydroxyl groups excluding tert-OH is 1. The van der Waals surface area contributed by atoms with Crippen molar-refractivity contribution in [2.24, 2.45) is 0 Å². The summed E-state index contributed by atoms with van der Waals surface area (Å²) in [6.45, 7) is 9.70. The van der Waals surface area contributed by atoms with Crippen LogP contribution in [0.15, 0.2) is 30.3 Å². The molecule has 0 saturated carbocycles. The van der Waals surface area contributed by atoms with Crippen LogP contribution in [0.25, 0.3) is 0 Å². The molecular weight excluding hydrogens is 264 g/mol. The summed E-state index contributed by atoms with van der Waals surface area (Å²) in [7, 11) is 0. The minimum absolute atomic E-state index is 0.137. The van der Waals surface area contributed by atoms with E-state index in [4.69, 9.17) is 0 Å². The maximum absolute atomic E-state index is 12.3. The van der Waals surface area contributed by atoms with Crippen molar-refractivity contribution in [3.63, 3.8) is 0 Å². The molecule has 0 aromatic heterocycles. The molecule has 1 saturated heterocycles. The second-order valence-corrected chi connectivity index (χ2v) is 6.69. The summed E-state index contributed by atoms with van der Waals surface area (Å²) in [5.41, 5.74) is 1.13. The molecule has 1 aliphatic heterocycles. The topological polar surface area (TPSA) is 43.8 Å². The van der Waals surface area contributed by atoms with E-state index < -0.39 is 6.10 Å². The van der Waals surface area contributed by atoms with Crippen molar-refractivity contribution in [2.45, 2.75) is 38.8 Å². The van der Waals surface area contributed by atoms with Crippen LogP contribution in [0.4, 0.5) is 0 Å². The largest absolute Gasteiger partial charge is 0.383 e. The van der Waals surface area contributed by atoms with Crippen molar-refractivity contribution in [1.29, 1.82) is 0 Å². The zero-order valence-electron chi connectivity index (χ0n) is 13.2. The number of carbonyl (C=O) groups is 1. The van der Waals surface area contributed by atoms with E-state index in [0.29, 0.717) is 19.5 Å². The summed E-state index contributed by atoms with van der Waals surface area (Å²) < 4.78 is 0. The highest BCUT2D eigenvalue weighted by atomic mass is 16.3. The van der Waals surface area contributed by atoms with Crippen molar-refractivity contribution in [3.05, 3.63) is 35.9 Å². The van der Waals surface area contributed by atoms with Gasteiger partial charge in [0, 0.05) is 38.1 Å². The maximum Gasteiger partial charge on any atom is 0.251 e. The van der Waals surface area contributed by atoms with Gasteiger partial charge in [-0.05, 0) is 26.3 Å². The molecule has 21 heavy (non-hydrogen) atoms. The molecule has 4 heteroatoms. The first-order chi connectivity index (χ1) is 9.88. The van der Waals surface area contributed by atoms with E-state index in [2.05, 4.69) is 25.7 Å². The molecule has 0 aliphatic carbocycles. The van der Waals surface area contributed by atoms with Gasteiger partial charge in [0.15, 0.2) is 0 Å². The van der Waals surface area contributed by atoms with Crippen molar-refractivity contribution in [2.75, 3.05) is 26.2 Å². The van der Waals surface area contributed by atoms with Gasteiger partial charge in [-0.3, -0.25) is 9.69 Å². The highest BCUT2D eigenvalue weighted by molar-refractivity contribution is 5.81. The lowest BCUT2D eigenvalue weighted by atomic mass is 10.0. The Bertz CT molecular complexity index is 459. The van der Waals surface area contributed by atoms with Crippen LogP contribution in [0.2, 0.25) is 0 Å². The van der Waals surface area contributed by atoms with E-state index in [9.17, 15) is 9.90 Å². The number of benzene rings is 1. The Balaban J connectivity index is 1.87. The van der Waals surface area contributed by atoms with Gasteiger partial charge in [0.2, 0.25) is 0 Å². The van der Waals surface area contributed by atoms with Crippen molar-refractivity contribution in [3.8, 4) is 0 Å². The zero-order chi connectivity index (χ0) is 15.5. The first-order valence-corrected chi connectivity index (χ1v) is 7.64. The summed E-state index contributed by atoms with van der Waals surface area (Å²) >= 11 is 0. The summed E-state index contributed by atoms with van der Waals surface area (Å²) in [6, 6.07) is 9.66. The smallest absolute Gasteiger partial charge is 0.251 e. The predicted molar refractivity (Wildman–Crippen MR) is 84.1 cm³/mol. The number of rotatable bonds is 3. The number of piperazine rings is 1. The van der Waals surface area contributed by atoms with Gasteiger partial charge >= 0.3 is 0 Å². The van der Waals surface area contributed by atoms with Crippen LogP contribution in [-0.4, -0.2) is 58.6 Å². The lowest BCUT2D eigenvalue weighted by Crippen LogP contribution is -2.56. The lowest BCUT2D eigenvalue weighted by molar-refractivity contribution is -0.142. The molecule has 1 N–H and O–H groups in total. The van der Waals surface area contributed by atoms with Crippen LogP contribution in [-0.2, 0) is 11.2 Å². The van der Waals surface area contributed by atoms with E-state index in [1.165, 1.54) is 0 Å². The molecule has 1 aliphatic rings. The fourth-order valence-electron chi connectivity index (χ4n) is 2.73. The Kier molecular flexibility index (Phi) is 5.01. The Morgan fingerprint density at radius 1 is 1.14 bits per heavy atom. The van der Waals surface area contributed by atoms with Crippen molar-refractivity contribution >= 4 is 5.91 Å². The summed E-state index contributed by atoms with van der Waals surface area (Å²) in [5.74, 6) is -0.146. The molecule has 2 rings (SSSR count). The minimum Gasteiger partial charge on any atom is -0.383 e. The third kappa shape index (κ3) is 4.29. The number of aliphatic hydroxyl groups is 1. The summed E-state index contributed by atoms with van der Waals surface area (Å²) in [6.07, 6.45) is -0.548. The third-order valence-electron chi connectivity index (χ3n) is 4.10. The quantitative estimate of drug-likeness (QED) is 0.918. The molecule has 1 aromatic rings. The maximum atomic E-state index is 12.3. The van der Waals surface area contributed by atoms with Gasteiger partial charge in [-0.1, -0.05) is 30.3 Å². The highest BCUT2D eigenvalue weighted by Crippen LogP contribution is 2.16. The molecule has 1 unspecified atom stereocenters. The second-order valence-electron chi connectivity index (χ2n) is 6.69. The fraction of sp³-hybridized carbons (Fsp3) is 0.588. The molecule has 116 valence electrons. The second kappa shape index (κ2) is 6.58. The SMILES string of the molecule is CC(C)(C)N1CCN(C(=O)C(O)Cc2ccccc2)CC1. The van der Waals surface area contributed by atoms with Crippen LogP contribution < -0.4 is 0 Å². The fourth-order valence-corrected chi connectivity index (χ4v) is 2.73.